The Labute approximate surface area is 92.4 Å². The number of halogens is 1. The van der Waals surface area contributed by atoms with Crippen LogP contribution in [0, 0.1) is 0 Å². The number of hydrogen-bond donors (Lipinski definition) is 3. The molecule has 2 unspecified atom stereocenters. The van der Waals surface area contributed by atoms with Gasteiger partial charge in [0.15, 0.2) is 0 Å². The van der Waals surface area contributed by atoms with E-state index < -0.39 is 0 Å². The smallest absolute Gasteiger partial charge is 0.0720 e. The van der Waals surface area contributed by atoms with Gasteiger partial charge in [0, 0.05) is 10.5 Å². The van der Waals surface area contributed by atoms with Crippen molar-refractivity contribution in [3.05, 3.63) is 34.3 Å². The van der Waals surface area contributed by atoms with Crippen LogP contribution in [0.1, 0.15) is 18.0 Å². The van der Waals surface area contributed by atoms with Crippen molar-refractivity contribution < 1.29 is 0 Å². The molecule has 0 spiro atoms. The van der Waals surface area contributed by atoms with Crippen LogP contribution in [0.3, 0.4) is 0 Å². The van der Waals surface area contributed by atoms with Gasteiger partial charge in [-0.25, -0.2) is 10.9 Å². The summed E-state index contributed by atoms with van der Waals surface area (Å²) in [7, 11) is 1.96. The average molecular weight is 256 g/mol. The van der Waals surface area contributed by atoms with Crippen LogP contribution in [-0.4, -0.2) is 13.2 Å². The van der Waals surface area contributed by atoms with Gasteiger partial charge in [0.25, 0.3) is 0 Å². The van der Waals surface area contributed by atoms with Gasteiger partial charge in [-0.05, 0) is 31.2 Å². The van der Waals surface area contributed by atoms with E-state index in [-0.39, 0.29) is 0 Å². The molecule has 1 aliphatic rings. The largest absolute Gasteiger partial charge is 0.304 e. The van der Waals surface area contributed by atoms with Crippen molar-refractivity contribution in [3.8, 4) is 0 Å². The third kappa shape index (κ3) is 2.15. The fourth-order valence-electron chi connectivity index (χ4n) is 1.69. The lowest BCUT2D eigenvalue weighted by molar-refractivity contribution is 0.494. The molecule has 2 atom stereocenters. The summed E-state index contributed by atoms with van der Waals surface area (Å²) in [4.78, 5) is 0. The Morgan fingerprint density at radius 3 is 2.93 bits per heavy atom. The second-order valence-electron chi connectivity index (χ2n) is 3.47. The van der Waals surface area contributed by atoms with Crippen molar-refractivity contribution in [2.45, 2.75) is 18.6 Å². The summed E-state index contributed by atoms with van der Waals surface area (Å²) in [5.41, 5.74) is 7.78. The maximum absolute atomic E-state index is 3.48. The molecule has 1 saturated heterocycles. The molecule has 1 fully saturated rings. The highest BCUT2D eigenvalue weighted by Gasteiger charge is 2.23. The number of rotatable bonds is 2. The summed E-state index contributed by atoms with van der Waals surface area (Å²) in [6.07, 6.45) is 1.42. The summed E-state index contributed by atoms with van der Waals surface area (Å²) < 4.78 is 1.13. The standard InChI is InChI=1S/C10H14BrN3/c1-12-10-6-9(13-14-10)7-3-2-4-8(11)5-7/h2-5,9-10,12-14H,6H2,1H3. The average Bonchev–Trinajstić information content (AvgIpc) is 2.66. The highest BCUT2D eigenvalue weighted by molar-refractivity contribution is 9.10. The van der Waals surface area contributed by atoms with E-state index >= 15 is 0 Å². The lowest BCUT2D eigenvalue weighted by Gasteiger charge is -2.09. The minimum atomic E-state index is 0.360. The van der Waals surface area contributed by atoms with Gasteiger partial charge in [-0.3, -0.25) is 0 Å². The predicted octanol–water partition coefficient (Wildman–Crippen LogP) is 1.53. The van der Waals surface area contributed by atoms with Crippen LogP contribution in [0.15, 0.2) is 28.7 Å². The lowest BCUT2D eigenvalue weighted by atomic mass is 10.0. The Morgan fingerprint density at radius 2 is 2.29 bits per heavy atom. The first-order valence-corrected chi connectivity index (χ1v) is 5.52. The molecule has 0 aromatic heterocycles. The first kappa shape index (κ1) is 10.1. The summed E-state index contributed by atoms with van der Waals surface area (Å²) in [6.45, 7) is 0. The van der Waals surface area contributed by atoms with Crippen LogP contribution in [0.25, 0.3) is 0 Å². The van der Waals surface area contributed by atoms with Crippen LogP contribution in [-0.2, 0) is 0 Å². The van der Waals surface area contributed by atoms with Crippen molar-refractivity contribution in [2.24, 2.45) is 0 Å². The predicted molar refractivity (Wildman–Crippen MR) is 60.6 cm³/mol. The molecule has 1 heterocycles. The maximum Gasteiger partial charge on any atom is 0.0720 e. The summed E-state index contributed by atoms with van der Waals surface area (Å²) in [5, 5.41) is 3.19. The second-order valence-corrected chi connectivity index (χ2v) is 4.39. The zero-order valence-corrected chi connectivity index (χ0v) is 9.64. The van der Waals surface area contributed by atoms with Gasteiger partial charge in [0.2, 0.25) is 0 Å². The summed E-state index contributed by atoms with van der Waals surface area (Å²) in [6, 6.07) is 8.79. The third-order valence-electron chi connectivity index (χ3n) is 2.50. The number of hydrogen-bond acceptors (Lipinski definition) is 3. The molecule has 0 amide bonds. The Morgan fingerprint density at radius 1 is 1.43 bits per heavy atom. The first-order chi connectivity index (χ1) is 6.79. The Kier molecular flexibility index (Phi) is 3.18. The molecule has 4 heteroatoms. The molecule has 0 radical (unpaired) electrons. The maximum atomic E-state index is 3.48. The molecule has 2 rings (SSSR count). The Hall–Kier alpha value is -0.420. The van der Waals surface area contributed by atoms with Crippen molar-refractivity contribution >= 4 is 15.9 Å². The van der Waals surface area contributed by atoms with Crippen molar-refractivity contribution in [3.63, 3.8) is 0 Å². The zero-order valence-electron chi connectivity index (χ0n) is 8.05. The van der Waals surface area contributed by atoms with Gasteiger partial charge < -0.3 is 5.32 Å². The quantitative estimate of drug-likeness (QED) is 0.751. The van der Waals surface area contributed by atoms with Crippen molar-refractivity contribution in [2.75, 3.05) is 7.05 Å². The molecule has 3 nitrogen and oxygen atoms in total. The molecular formula is C10H14BrN3. The summed E-state index contributed by atoms with van der Waals surface area (Å²) >= 11 is 3.48. The van der Waals surface area contributed by atoms with Crippen molar-refractivity contribution in [1.82, 2.24) is 16.2 Å². The Bertz CT molecular complexity index is 316. The zero-order chi connectivity index (χ0) is 9.97. The van der Waals surface area contributed by atoms with Crippen molar-refractivity contribution in [1.29, 1.82) is 0 Å². The molecule has 0 aliphatic carbocycles. The van der Waals surface area contributed by atoms with Crippen LogP contribution in [0.2, 0.25) is 0 Å². The van der Waals surface area contributed by atoms with E-state index in [1.54, 1.807) is 0 Å². The third-order valence-corrected chi connectivity index (χ3v) is 3.00. The Balaban J connectivity index is 2.09. The van der Waals surface area contributed by atoms with E-state index in [0.717, 1.165) is 10.9 Å². The molecule has 0 bridgehead atoms. The number of hydrazine groups is 1. The fourth-order valence-corrected chi connectivity index (χ4v) is 2.10. The molecular weight excluding hydrogens is 242 g/mol. The van der Waals surface area contributed by atoms with Crippen LogP contribution in [0.4, 0.5) is 0 Å². The SMILES string of the molecule is CNC1CC(c2cccc(Br)c2)NN1. The van der Waals surface area contributed by atoms with E-state index in [9.17, 15) is 0 Å². The number of nitrogens with one attached hydrogen (secondary N) is 3. The van der Waals surface area contributed by atoms with E-state index in [1.807, 2.05) is 13.1 Å². The van der Waals surface area contributed by atoms with Gasteiger partial charge in [0.1, 0.15) is 0 Å². The molecule has 0 saturated carbocycles. The minimum Gasteiger partial charge on any atom is -0.304 e. The van der Waals surface area contributed by atoms with Gasteiger partial charge in [-0.2, -0.15) is 0 Å². The highest BCUT2D eigenvalue weighted by atomic mass is 79.9. The second kappa shape index (κ2) is 4.40. The van der Waals surface area contributed by atoms with Gasteiger partial charge in [-0.1, -0.05) is 28.1 Å². The van der Waals surface area contributed by atoms with Gasteiger partial charge in [0.05, 0.1) is 6.17 Å². The topological polar surface area (TPSA) is 36.1 Å². The molecule has 1 aromatic rings. The summed E-state index contributed by atoms with van der Waals surface area (Å²) in [5.74, 6) is 0. The van der Waals surface area contributed by atoms with E-state index in [2.05, 4.69) is 50.3 Å². The highest BCUT2D eigenvalue weighted by Crippen LogP contribution is 2.23. The monoisotopic (exact) mass is 255 g/mol. The van der Waals surface area contributed by atoms with E-state index in [0.29, 0.717) is 12.2 Å². The lowest BCUT2D eigenvalue weighted by Crippen LogP contribution is -2.38. The van der Waals surface area contributed by atoms with Crippen LogP contribution < -0.4 is 16.2 Å². The molecule has 76 valence electrons. The van der Waals surface area contributed by atoms with E-state index in [1.165, 1.54) is 5.56 Å². The minimum absolute atomic E-state index is 0.360. The first-order valence-electron chi connectivity index (χ1n) is 4.73. The normalized spacial score (nSPS) is 26.7. The van der Waals surface area contributed by atoms with Gasteiger partial charge in [-0.15, -0.1) is 0 Å². The van der Waals surface area contributed by atoms with Crippen LogP contribution >= 0.6 is 15.9 Å². The fraction of sp³-hybridized carbons (Fsp3) is 0.400. The molecule has 1 aromatic carbocycles. The molecule has 3 N–H and O–H groups in total. The van der Waals surface area contributed by atoms with E-state index in [4.69, 9.17) is 0 Å². The number of benzene rings is 1. The van der Waals surface area contributed by atoms with Gasteiger partial charge >= 0.3 is 0 Å². The molecule has 14 heavy (non-hydrogen) atoms. The molecule has 1 aliphatic heterocycles. The van der Waals surface area contributed by atoms with Crippen LogP contribution in [0.5, 0.6) is 0 Å².